The summed E-state index contributed by atoms with van der Waals surface area (Å²) in [5.41, 5.74) is 0. The Hall–Kier alpha value is 0.270. The molecule has 0 aliphatic carbocycles. The quantitative estimate of drug-likeness (QED) is 0.645. The van der Waals surface area contributed by atoms with Crippen LogP contribution in [0.2, 0.25) is 0 Å². The largest absolute Gasteiger partial charge is 0.380 e. The van der Waals surface area contributed by atoms with Gasteiger partial charge < -0.3 is 10.1 Å². The Morgan fingerprint density at radius 2 is 2.50 bits per heavy atom. The Morgan fingerprint density at radius 1 is 1.70 bits per heavy atom. The van der Waals surface area contributed by atoms with Crippen molar-refractivity contribution in [3.05, 3.63) is 0 Å². The van der Waals surface area contributed by atoms with Crippen LogP contribution in [0.25, 0.3) is 0 Å². The molecule has 0 radical (unpaired) electrons. The number of thioether (sulfide) groups is 1. The van der Waals surface area contributed by atoms with Crippen LogP contribution in [0.5, 0.6) is 0 Å². The van der Waals surface area contributed by atoms with Crippen molar-refractivity contribution in [2.24, 2.45) is 0 Å². The van der Waals surface area contributed by atoms with Crippen molar-refractivity contribution < 1.29 is 4.74 Å². The fourth-order valence-corrected chi connectivity index (χ4v) is 2.12. The molecule has 1 saturated heterocycles. The third-order valence-electron chi connectivity index (χ3n) is 1.89. The number of ether oxygens (including phenoxy) is 1. The average molecular weight is 161 g/mol. The molecule has 10 heavy (non-hydrogen) atoms. The predicted molar refractivity (Wildman–Crippen MR) is 45.6 cm³/mol. The van der Waals surface area contributed by atoms with Gasteiger partial charge in [-0.05, 0) is 6.92 Å². The van der Waals surface area contributed by atoms with E-state index in [4.69, 9.17) is 4.74 Å². The van der Waals surface area contributed by atoms with Gasteiger partial charge in [-0.2, -0.15) is 11.8 Å². The highest BCUT2D eigenvalue weighted by molar-refractivity contribution is 7.99. The zero-order valence-electron chi connectivity index (χ0n) is 6.59. The second-order valence-electron chi connectivity index (χ2n) is 2.58. The molecule has 1 heterocycles. The fraction of sp³-hybridized carbons (Fsp3) is 1.00. The second kappa shape index (κ2) is 4.21. The first kappa shape index (κ1) is 8.37. The molecule has 1 aliphatic heterocycles. The number of methoxy groups -OCH3 is 1. The maximum Gasteiger partial charge on any atom is 0.0704 e. The van der Waals surface area contributed by atoms with Crippen LogP contribution in [0.4, 0.5) is 0 Å². The van der Waals surface area contributed by atoms with Crippen LogP contribution >= 0.6 is 11.8 Å². The molecular formula is C7H15NOS. The molecule has 0 aromatic rings. The van der Waals surface area contributed by atoms with E-state index in [0.29, 0.717) is 12.1 Å². The zero-order chi connectivity index (χ0) is 7.40. The van der Waals surface area contributed by atoms with Gasteiger partial charge in [0, 0.05) is 31.2 Å². The lowest BCUT2D eigenvalue weighted by atomic mass is 10.2. The average Bonchev–Trinajstić information content (AvgIpc) is 2.05. The zero-order valence-corrected chi connectivity index (χ0v) is 7.41. The minimum atomic E-state index is 0.354. The summed E-state index contributed by atoms with van der Waals surface area (Å²) in [7, 11) is 1.77. The summed E-state index contributed by atoms with van der Waals surface area (Å²) in [6.07, 6.45) is 0.354. The third kappa shape index (κ3) is 2.15. The molecule has 1 fully saturated rings. The maximum absolute atomic E-state index is 5.21. The van der Waals surface area contributed by atoms with E-state index in [1.165, 1.54) is 11.5 Å². The lowest BCUT2D eigenvalue weighted by Crippen LogP contribution is -2.45. The van der Waals surface area contributed by atoms with Crippen LogP contribution in [0.1, 0.15) is 6.92 Å². The first-order valence-corrected chi connectivity index (χ1v) is 4.84. The minimum Gasteiger partial charge on any atom is -0.380 e. The van der Waals surface area contributed by atoms with Crippen molar-refractivity contribution in [2.45, 2.75) is 19.1 Å². The van der Waals surface area contributed by atoms with Crippen molar-refractivity contribution in [1.29, 1.82) is 0 Å². The molecule has 2 unspecified atom stereocenters. The van der Waals surface area contributed by atoms with Gasteiger partial charge in [0.2, 0.25) is 0 Å². The van der Waals surface area contributed by atoms with Gasteiger partial charge in [0.25, 0.3) is 0 Å². The fourth-order valence-electron chi connectivity index (χ4n) is 1.05. The molecule has 2 nitrogen and oxygen atoms in total. The molecule has 60 valence electrons. The standard InChI is InChI=1S/C7H15NOS/c1-6(9-2)7-5-10-4-3-8-7/h6-8H,3-5H2,1-2H3. The van der Waals surface area contributed by atoms with Crippen LogP contribution in [0.15, 0.2) is 0 Å². The van der Waals surface area contributed by atoms with Gasteiger partial charge in [0.15, 0.2) is 0 Å². The summed E-state index contributed by atoms with van der Waals surface area (Å²) in [6, 6.07) is 0.559. The molecule has 3 heteroatoms. The topological polar surface area (TPSA) is 21.3 Å². The Morgan fingerprint density at radius 3 is 3.00 bits per heavy atom. The van der Waals surface area contributed by atoms with Crippen molar-refractivity contribution in [3.63, 3.8) is 0 Å². The third-order valence-corrected chi connectivity index (χ3v) is 2.98. The number of rotatable bonds is 2. The van der Waals surface area contributed by atoms with Crippen molar-refractivity contribution in [1.82, 2.24) is 5.32 Å². The van der Waals surface area contributed by atoms with Crippen molar-refractivity contribution in [3.8, 4) is 0 Å². The molecule has 1 N–H and O–H groups in total. The van der Waals surface area contributed by atoms with E-state index >= 15 is 0 Å². The molecule has 2 atom stereocenters. The van der Waals surface area contributed by atoms with E-state index in [1.54, 1.807) is 7.11 Å². The molecule has 0 aromatic carbocycles. The summed E-state index contributed by atoms with van der Waals surface area (Å²) in [5, 5.41) is 3.42. The SMILES string of the molecule is COC(C)C1CSCCN1. The van der Waals surface area contributed by atoms with E-state index < -0.39 is 0 Å². The van der Waals surface area contributed by atoms with Gasteiger partial charge in [-0.3, -0.25) is 0 Å². The minimum absolute atomic E-state index is 0.354. The molecule has 0 spiro atoms. The van der Waals surface area contributed by atoms with E-state index in [-0.39, 0.29) is 0 Å². The summed E-state index contributed by atoms with van der Waals surface area (Å²) in [5.74, 6) is 2.43. The number of nitrogens with one attached hydrogen (secondary N) is 1. The van der Waals surface area contributed by atoms with Crippen molar-refractivity contribution >= 4 is 11.8 Å². The summed E-state index contributed by atoms with van der Waals surface area (Å²) in [4.78, 5) is 0. The van der Waals surface area contributed by atoms with Crippen molar-refractivity contribution in [2.75, 3.05) is 25.2 Å². The highest BCUT2D eigenvalue weighted by atomic mass is 32.2. The first-order valence-electron chi connectivity index (χ1n) is 3.68. The Bertz CT molecular complexity index is 93.6. The van der Waals surface area contributed by atoms with E-state index in [1.807, 2.05) is 11.8 Å². The molecule has 1 aliphatic rings. The molecule has 0 bridgehead atoms. The molecule has 0 aromatic heterocycles. The molecule has 1 rings (SSSR count). The first-order chi connectivity index (χ1) is 4.84. The number of hydrogen-bond donors (Lipinski definition) is 1. The van der Waals surface area contributed by atoms with Gasteiger partial charge >= 0.3 is 0 Å². The lowest BCUT2D eigenvalue weighted by Gasteiger charge is -2.27. The normalized spacial score (nSPS) is 30.0. The van der Waals surface area contributed by atoms with Gasteiger partial charge in [-0.1, -0.05) is 0 Å². The van der Waals surface area contributed by atoms with Crippen LogP contribution in [0.3, 0.4) is 0 Å². The Balaban J connectivity index is 2.24. The van der Waals surface area contributed by atoms with E-state index in [2.05, 4.69) is 12.2 Å². The van der Waals surface area contributed by atoms with Crippen LogP contribution in [-0.2, 0) is 4.74 Å². The monoisotopic (exact) mass is 161 g/mol. The molecule has 0 amide bonds. The van der Waals surface area contributed by atoms with Crippen LogP contribution in [-0.4, -0.2) is 37.3 Å². The Kier molecular flexibility index (Phi) is 3.52. The number of hydrogen-bond acceptors (Lipinski definition) is 3. The maximum atomic E-state index is 5.21. The second-order valence-corrected chi connectivity index (χ2v) is 3.73. The lowest BCUT2D eigenvalue weighted by molar-refractivity contribution is 0.0901. The summed E-state index contributed by atoms with van der Waals surface area (Å²) >= 11 is 2.00. The smallest absolute Gasteiger partial charge is 0.0704 e. The highest BCUT2D eigenvalue weighted by Gasteiger charge is 2.18. The Labute approximate surface area is 66.7 Å². The summed E-state index contributed by atoms with van der Waals surface area (Å²) in [6.45, 7) is 3.24. The van der Waals surface area contributed by atoms with Gasteiger partial charge in [0.05, 0.1) is 6.10 Å². The van der Waals surface area contributed by atoms with Crippen LogP contribution in [0, 0.1) is 0 Å². The highest BCUT2D eigenvalue weighted by Crippen LogP contribution is 2.11. The predicted octanol–water partition coefficient (Wildman–Crippen LogP) is 0.726. The molecule has 0 saturated carbocycles. The summed E-state index contributed by atoms with van der Waals surface area (Å²) < 4.78 is 5.21. The van der Waals surface area contributed by atoms with E-state index in [0.717, 1.165) is 6.54 Å². The van der Waals surface area contributed by atoms with E-state index in [9.17, 15) is 0 Å². The van der Waals surface area contributed by atoms with Gasteiger partial charge in [0.1, 0.15) is 0 Å². The molecular weight excluding hydrogens is 146 g/mol. The van der Waals surface area contributed by atoms with Gasteiger partial charge in [-0.25, -0.2) is 0 Å². The van der Waals surface area contributed by atoms with Gasteiger partial charge in [-0.15, -0.1) is 0 Å². The van der Waals surface area contributed by atoms with Crippen LogP contribution < -0.4 is 5.32 Å².